The Bertz CT molecular complexity index is 815. The van der Waals surface area contributed by atoms with E-state index in [4.69, 9.17) is 0 Å². The van der Waals surface area contributed by atoms with E-state index in [0.717, 1.165) is 28.1 Å². The van der Waals surface area contributed by atoms with Gasteiger partial charge in [0.2, 0.25) is 5.91 Å². The number of amides is 2. The molecule has 1 N–H and O–H groups in total. The number of nitrogens with zero attached hydrogens (tertiary/aromatic N) is 3. The minimum Gasteiger partial charge on any atom is -0.349 e. The number of hydrogen-bond donors (Lipinski definition) is 1. The molecule has 0 saturated heterocycles. The fourth-order valence-electron chi connectivity index (χ4n) is 2.98. The Balaban J connectivity index is 1.76. The van der Waals surface area contributed by atoms with Crippen LogP contribution in [-0.2, 0) is 31.4 Å². The largest absolute Gasteiger partial charge is 0.349 e. The molecule has 2 aromatic rings. The van der Waals surface area contributed by atoms with E-state index in [0.29, 0.717) is 31.6 Å². The second-order valence-corrected chi connectivity index (χ2v) is 7.01. The zero-order chi connectivity index (χ0) is 18.0. The molecule has 0 unspecified atom stereocenters. The van der Waals surface area contributed by atoms with Crippen molar-refractivity contribution in [2.24, 2.45) is 7.05 Å². The summed E-state index contributed by atoms with van der Waals surface area (Å²) in [5, 5.41) is 2.86. The summed E-state index contributed by atoms with van der Waals surface area (Å²) in [6.45, 7) is 3.42. The monoisotopic (exact) mass is 404 g/mol. The van der Waals surface area contributed by atoms with Gasteiger partial charge < -0.3 is 14.8 Å². The Morgan fingerprint density at radius 2 is 2.16 bits per heavy atom. The lowest BCUT2D eigenvalue weighted by Gasteiger charge is -2.27. The van der Waals surface area contributed by atoms with Crippen molar-refractivity contribution < 1.29 is 9.59 Å². The Morgan fingerprint density at radius 1 is 1.36 bits per heavy atom. The van der Waals surface area contributed by atoms with E-state index in [1.807, 2.05) is 47.7 Å². The molecule has 0 spiro atoms. The van der Waals surface area contributed by atoms with Crippen molar-refractivity contribution in [3.8, 4) is 0 Å². The van der Waals surface area contributed by atoms with Crippen molar-refractivity contribution in [2.75, 3.05) is 6.54 Å². The second kappa shape index (κ2) is 7.39. The topological polar surface area (TPSA) is 67.2 Å². The molecule has 25 heavy (non-hydrogen) atoms. The first kappa shape index (κ1) is 17.7. The van der Waals surface area contributed by atoms with Gasteiger partial charge in [-0.2, -0.15) is 0 Å². The van der Waals surface area contributed by atoms with Crippen LogP contribution in [0, 0.1) is 0 Å². The molecule has 0 fully saturated rings. The van der Waals surface area contributed by atoms with E-state index in [1.54, 1.807) is 0 Å². The molecular weight excluding hydrogens is 384 g/mol. The van der Waals surface area contributed by atoms with Crippen molar-refractivity contribution in [3.63, 3.8) is 0 Å². The SMILES string of the molecule is CCC(=O)NCc1nc2c(n1C)CN(C(=O)c1cccc(Br)c1)CC2. The number of carbonyl (C=O) groups is 2. The van der Waals surface area contributed by atoms with Crippen molar-refractivity contribution in [1.29, 1.82) is 0 Å². The number of carbonyl (C=O) groups excluding carboxylic acids is 2. The predicted molar refractivity (Wildman–Crippen MR) is 97.9 cm³/mol. The van der Waals surface area contributed by atoms with Gasteiger partial charge in [0, 0.05) is 36.5 Å². The van der Waals surface area contributed by atoms with E-state index in [-0.39, 0.29) is 11.8 Å². The highest BCUT2D eigenvalue weighted by Crippen LogP contribution is 2.22. The van der Waals surface area contributed by atoms with Gasteiger partial charge in [0.15, 0.2) is 0 Å². The van der Waals surface area contributed by atoms with Gasteiger partial charge in [0.1, 0.15) is 5.82 Å². The molecule has 2 heterocycles. The molecule has 7 heteroatoms. The van der Waals surface area contributed by atoms with Crippen LogP contribution in [0.1, 0.15) is 40.9 Å². The molecular formula is C18H21BrN4O2. The van der Waals surface area contributed by atoms with Crippen molar-refractivity contribution >= 4 is 27.7 Å². The average molecular weight is 405 g/mol. The van der Waals surface area contributed by atoms with Gasteiger partial charge in [0.05, 0.1) is 24.5 Å². The molecule has 0 radical (unpaired) electrons. The number of halogens is 1. The minimum atomic E-state index is 0.00688. The van der Waals surface area contributed by atoms with E-state index in [1.165, 1.54) is 0 Å². The van der Waals surface area contributed by atoms with E-state index in [2.05, 4.69) is 26.2 Å². The van der Waals surface area contributed by atoms with Crippen molar-refractivity contribution in [1.82, 2.24) is 19.8 Å². The summed E-state index contributed by atoms with van der Waals surface area (Å²) in [6.07, 6.45) is 1.18. The fourth-order valence-corrected chi connectivity index (χ4v) is 3.38. The van der Waals surface area contributed by atoms with Gasteiger partial charge >= 0.3 is 0 Å². The fraction of sp³-hybridized carbons (Fsp3) is 0.389. The van der Waals surface area contributed by atoms with Crippen LogP contribution < -0.4 is 5.32 Å². The lowest BCUT2D eigenvalue weighted by Crippen LogP contribution is -2.36. The number of nitrogens with one attached hydrogen (secondary N) is 1. The first-order valence-electron chi connectivity index (χ1n) is 8.34. The van der Waals surface area contributed by atoms with Crippen LogP contribution in [-0.4, -0.2) is 32.8 Å². The van der Waals surface area contributed by atoms with Crippen LogP contribution in [0.4, 0.5) is 0 Å². The van der Waals surface area contributed by atoms with Crippen molar-refractivity contribution in [3.05, 3.63) is 51.5 Å². The smallest absolute Gasteiger partial charge is 0.254 e. The van der Waals surface area contributed by atoms with Gasteiger partial charge in [-0.3, -0.25) is 9.59 Å². The minimum absolute atomic E-state index is 0.00688. The summed E-state index contributed by atoms with van der Waals surface area (Å²) in [5.74, 6) is 0.852. The number of aromatic nitrogens is 2. The van der Waals surface area contributed by atoms with E-state index in [9.17, 15) is 9.59 Å². The van der Waals surface area contributed by atoms with Crippen LogP contribution in [0.25, 0.3) is 0 Å². The molecule has 3 rings (SSSR count). The van der Waals surface area contributed by atoms with Gasteiger partial charge in [0.25, 0.3) is 5.91 Å². The Labute approximate surface area is 155 Å². The van der Waals surface area contributed by atoms with Gasteiger partial charge in [-0.15, -0.1) is 0 Å². The van der Waals surface area contributed by atoms with Crippen LogP contribution in [0.3, 0.4) is 0 Å². The normalized spacial score (nSPS) is 13.5. The van der Waals surface area contributed by atoms with Crippen LogP contribution in [0.5, 0.6) is 0 Å². The lowest BCUT2D eigenvalue weighted by molar-refractivity contribution is -0.120. The van der Waals surface area contributed by atoms with E-state index < -0.39 is 0 Å². The van der Waals surface area contributed by atoms with Crippen molar-refractivity contribution in [2.45, 2.75) is 32.9 Å². The van der Waals surface area contributed by atoms with Gasteiger partial charge in [-0.05, 0) is 18.2 Å². The molecule has 0 saturated carbocycles. The van der Waals surface area contributed by atoms with Crippen LogP contribution in [0.15, 0.2) is 28.7 Å². The molecule has 1 aromatic carbocycles. The maximum absolute atomic E-state index is 12.8. The third-order valence-corrected chi connectivity index (χ3v) is 4.97. The van der Waals surface area contributed by atoms with E-state index >= 15 is 0 Å². The molecule has 0 atom stereocenters. The molecule has 1 aliphatic heterocycles. The number of fused-ring (bicyclic) bond motifs is 1. The van der Waals surface area contributed by atoms with Gasteiger partial charge in [-0.25, -0.2) is 4.98 Å². The molecule has 132 valence electrons. The summed E-state index contributed by atoms with van der Waals surface area (Å²) in [7, 11) is 1.94. The van der Waals surface area contributed by atoms with Crippen LogP contribution >= 0.6 is 15.9 Å². The number of imidazole rings is 1. The summed E-state index contributed by atoms with van der Waals surface area (Å²) in [5.41, 5.74) is 2.73. The summed E-state index contributed by atoms with van der Waals surface area (Å²) in [4.78, 5) is 30.7. The summed E-state index contributed by atoms with van der Waals surface area (Å²) >= 11 is 3.41. The summed E-state index contributed by atoms with van der Waals surface area (Å²) in [6, 6.07) is 7.44. The molecule has 0 aliphatic carbocycles. The third-order valence-electron chi connectivity index (χ3n) is 4.47. The Hall–Kier alpha value is -2.15. The molecule has 2 amide bonds. The molecule has 1 aliphatic rings. The zero-order valence-electron chi connectivity index (χ0n) is 14.4. The molecule has 1 aromatic heterocycles. The first-order valence-corrected chi connectivity index (χ1v) is 9.13. The van der Waals surface area contributed by atoms with Crippen LogP contribution in [0.2, 0.25) is 0 Å². The molecule has 6 nitrogen and oxygen atoms in total. The highest BCUT2D eigenvalue weighted by atomic mass is 79.9. The Morgan fingerprint density at radius 3 is 2.88 bits per heavy atom. The highest BCUT2D eigenvalue weighted by molar-refractivity contribution is 9.10. The number of hydrogen-bond acceptors (Lipinski definition) is 3. The predicted octanol–water partition coefficient (Wildman–Crippen LogP) is 2.41. The maximum atomic E-state index is 12.8. The second-order valence-electron chi connectivity index (χ2n) is 6.10. The summed E-state index contributed by atoms with van der Waals surface area (Å²) < 4.78 is 2.89. The first-order chi connectivity index (χ1) is 12.0. The quantitative estimate of drug-likeness (QED) is 0.850. The number of rotatable bonds is 4. The average Bonchev–Trinajstić information content (AvgIpc) is 2.94. The third kappa shape index (κ3) is 3.76. The number of benzene rings is 1. The molecule has 0 bridgehead atoms. The zero-order valence-corrected chi connectivity index (χ0v) is 16.0. The lowest BCUT2D eigenvalue weighted by atomic mass is 10.1. The van der Waals surface area contributed by atoms with Gasteiger partial charge in [-0.1, -0.05) is 28.9 Å². The maximum Gasteiger partial charge on any atom is 0.254 e. The standard InChI is InChI=1S/C18H21BrN4O2/c1-3-17(24)20-10-16-21-14-7-8-23(11-15(14)22(16)2)18(25)12-5-4-6-13(19)9-12/h4-6,9H,3,7-8,10-11H2,1-2H3,(H,20,24). The Kier molecular flexibility index (Phi) is 5.22. The highest BCUT2D eigenvalue weighted by Gasteiger charge is 2.26.